The summed E-state index contributed by atoms with van der Waals surface area (Å²) in [5, 5.41) is 4.17. The minimum atomic E-state index is -3.77. The SMILES string of the molecule is Cc1nn(C)c(C)c1S(=O)(=O)N1CCCN(C(=O)c2ccc(F)cc2F)CC1. The molecule has 0 N–H and O–H groups in total. The van der Waals surface area contributed by atoms with Crippen molar-refractivity contribution >= 4 is 15.9 Å². The minimum absolute atomic E-state index is 0.0880. The fourth-order valence-corrected chi connectivity index (χ4v) is 5.30. The predicted molar refractivity (Wildman–Crippen MR) is 98.3 cm³/mol. The van der Waals surface area contributed by atoms with Crippen LogP contribution in [0.4, 0.5) is 8.78 Å². The van der Waals surface area contributed by atoms with Crippen LogP contribution in [0.5, 0.6) is 0 Å². The Morgan fingerprint density at radius 3 is 2.43 bits per heavy atom. The monoisotopic (exact) mass is 412 g/mol. The first kappa shape index (κ1) is 20.4. The number of hydrogen-bond donors (Lipinski definition) is 0. The third-order valence-electron chi connectivity index (χ3n) is 4.94. The summed E-state index contributed by atoms with van der Waals surface area (Å²) in [5.41, 5.74) is 0.741. The zero-order chi connectivity index (χ0) is 20.6. The molecule has 0 aliphatic carbocycles. The second kappa shape index (κ2) is 7.59. The van der Waals surface area contributed by atoms with Crippen molar-refractivity contribution in [2.24, 2.45) is 7.05 Å². The molecule has 0 unspecified atom stereocenters. The average Bonchev–Trinajstić information content (AvgIpc) is 2.80. The Bertz CT molecular complexity index is 1020. The summed E-state index contributed by atoms with van der Waals surface area (Å²) in [6.07, 6.45) is 0.409. The number of rotatable bonds is 3. The molecule has 3 rings (SSSR count). The lowest BCUT2D eigenvalue weighted by atomic mass is 10.1. The maximum atomic E-state index is 13.9. The third-order valence-corrected chi connectivity index (χ3v) is 7.10. The molecule has 28 heavy (non-hydrogen) atoms. The molecule has 0 bridgehead atoms. The van der Waals surface area contributed by atoms with E-state index in [-0.39, 0.29) is 36.6 Å². The lowest BCUT2D eigenvalue weighted by Gasteiger charge is -2.22. The fraction of sp³-hybridized carbons (Fsp3) is 0.444. The van der Waals surface area contributed by atoms with Gasteiger partial charge in [-0.15, -0.1) is 0 Å². The van der Waals surface area contributed by atoms with E-state index < -0.39 is 27.6 Å². The van der Waals surface area contributed by atoms with E-state index in [0.29, 0.717) is 23.9 Å². The summed E-state index contributed by atoms with van der Waals surface area (Å²) < 4.78 is 56.1. The molecule has 0 spiro atoms. The molecule has 1 aliphatic heterocycles. The minimum Gasteiger partial charge on any atom is -0.337 e. The van der Waals surface area contributed by atoms with Crippen LogP contribution in [0.1, 0.15) is 28.2 Å². The Morgan fingerprint density at radius 1 is 1.11 bits per heavy atom. The van der Waals surface area contributed by atoms with Gasteiger partial charge in [-0.1, -0.05) is 0 Å². The van der Waals surface area contributed by atoms with E-state index in [4.69, 9.17) is 0 Å². The van der Waals surface area contributed by atoms with E-state index in [1.807, 2.05) is 0 Å². The van der Waals surface area contributed by atoms with Crippen molar-refractivity contribution in [3.8, 4) is 0 Å². The molecule has 0 saturated carbocycles. The van der Waals surface area contributed by atoms with Crippen LogP contribution in [0.25, 0.3) is 0 Å². The van der Waals surface area contributed by atoms with E-state index in [2.05, 4.69) is 5.10 Å². The molecule has 0 radical (unpaired) electrons. The average molecular weight is 412 g/mol. The van der Waals surface area contributed by atoms with E-state index >= 15 is 0 Å². The normalized spacial score (nSPS) is 16.2. The smallest absolute Gasteiger partial charge is 0.256 e. The summed E-state index contributed by atoms with van der Waals surface area (Å²) >= 11 is 0. The van der Waals surface area contributed by atoms with Gasteiger partial charge in [0, 0.05) is 39.3 Å². The first-order valence-electron chi connectivity index (χ1n) is 8.87. The molecule has 152 valence electrons. The Morgan fingerprint density at radius 2 is 1.82 bits per heavy atom. The maximum absolute atomic E-state index is 13.9. The quantitative estimate of drug-likeness (QED) is 0.771. The van der Waals surface area contributed by atoms with E-state index in [1.54, 1.807) is 20.9 Å². The van der Waals surface area contributed by atoms with Crippen LogP contribution >= 0.6 is 0 Å². The largest absolute Gasteiger partial charge is 0.337 e. The first-order chi connectivity index (χ1) is 13.1. The summed E-state index contributed by atoms with van der Waals surface area (Å²) in [5.74, 6) is -2.27. The van der Waals surface area contributed by atoms with Crippen molar-refractivity contribution in [1.29, 1.82) is 0 Å². The van der Waals surface area contributed by atoms with Crippen molar-refractivity contribution in [3.05, 3.63) is 46.8 Å². The van der Waals surface area contributed by atoms with Crippen LogP contribution in [0.2, 0.25) is 0 Å². The molecule has 1 aromatic carbocycles. The number of aryl methyl sites for hydroxylation is 2. The Labute approximate surface area is 162 Å². The summed E-state index contributed by atoms with van der Waals surface area (Å²) in [6, 6.07) is 2.80. The topological polar surface area (TPSA) is 75.5 Å². The molecule has 1 amide bonds. The molecule has 0 atom stereocenters. The van der Waals surface area contributed by atoms with Crippen molar-refractivity contribution < 1.29 is 22.0 Å². The second-order valence-corrected chi connectivity index (χ2v) is 8.67. The number of carbonyl (C=O) groups is 1. The predicted octanol–water partition coefficient (Wildman–Crippen LogP) is 1.85. The molecule has 1 fully saturated rings. The Kier molecular flexibility index (Phi) is 5.53. The lowest BCUT2D eigenvalue weighted by molar-refractivity contribution is 0.0759. The summed E-state index contributed by atoms with van der Waals surface area (Å²) in [7, 11) is -2.08. The molecular formula is C18H22F2N4O3S. The number of nitrogens with zero attached hydrogens (tertiary/aromatic N) is 4. The molecule has 7 nitrogen and oxygen atoms in total. The van der Waals surface area contributed by atoms with Crippen LogP contribution in [0.3, 0.4) is 0 Å². The highest BCUT2D eigenvalue weighted by Crippen LogP contribution is 2.24. The van der Waals surface area contributed by atoms with Gasteiger partial charge in [-0.25, -0.2) is 17.2 Å². The van der Waals surface area contributed by atoms with Gasteiger partial charge in [-0.3, -0.25) is 9.48 Å². The zero-order valence-corrected chi connectivity index (χ0v) is 16.8. The summed E-state index contributed by atoms with van der Waals surface area (Å²) in [6.45, 7) is 4.07. The van der Waals surface area contributed by atoms with Gasteiger partial charge in [0.15, 0.2) is 0 Å². The second-order valence-electron chi connectivity index (χ2n) is 6.80. The van der Waals surface area contributed by atoms with Crippen LogP contribution in [-0.4, -0.2) is 59.5 Å². The first-order valence-corrected chi connectivity index (χ1v) is 10.3. The van der Waals surface area contributed by atoms with Crippen LogP contribution < -0.4 is 0 Å². The van der Waals surface area contributed by atoms with Gasteiger partial charge in [0.25, 0.3) is 5.91 Å². The van der Waals surface area contributed by atoms with Crippen molar-refractivity contribution in [1.82, 2.24) is 19.0 Å². The van der Waals surface area contributed by atoms with E-state index in [9.17, 15) is 22.0 Å². The molecule has 2 heterocycles. The number of carbonyl (C=O) groups excluding carboxylic acids is 1. The number of benzene rings is 1. The van der Waals surface area contributed by atoms with Gasteiger partial charge in [-0.2, -0.15) is 9.40 Å². The Balaban J connectivity index is 1.80. The zero-order valence-electron chi connectivity index (χ0n) is 15.9. The van der Waals surface area contributed by atoms with Gasteiger partial charge >= 0.3 is 0 Å². The number of aromatic nitrogens is 2. The van der Waals surface area contributed by atoms with Crippen molar-refractivity contribution in [3.63, 3.8) is 0 Å². The Hall–Kier alpha value is -2.33. The maximum Gasteiger partial charge on any atom is 0.256 e. The fourth-order valence-electron chi connectivity index (χ4n) is 3.43. The lowest BCUT2D eigenvalue weighted by Crippen LogP contribution is -2.38. The van der Waals surface area contributed by atoms with Gasteiger partial charge < -0.3 is 4.90 Å². The summed E-state index contributed by atoms with van der Waals surface area (Å²) in [4.78, 5) is 14.2. The highest BCUT2D eigenvalue weighted by molar-refractivity contribution is 7.89. The van der Waals surface area contributed by atoms with Crippen LogP contribution in [-0.2, 0) is 17.1 Å². The van der Waals surface area contributed by atoms with Crippen LogP contribution in [0, 0.1) is 25.5 Å². The molecule has 2 aromatic rings. The molecule has 1 aliphatic rings. The molecular weight excluding hydrogens is 390 g/mol. The highest BCUT2D eigenvalue weighted by atomic mass is 32.2. The van der Waals surface area contributed by atoms with Gasteiger partial charge in [-0.05, 0) is 32.4 Å². The number of hydrogen-bond acceptors (Lipinski definition) is 4. The molecule has 1 aromatic heterocycles. The number of amides is 1. The number of sulfonamides is 1. The highest BCUT2D eigenvalue weighted by Gasteiger charge is 2.33. The molecule has 10 heteroatoms. The van der Waals surface area contributed by atoms with Crippen molar-refractivity contribution in [2.75, 3.05) is 26.2 Å². The third kappa shape index (κ3) is 3.66. The standard InChI is InChI=1S/C18H22F2N4O3S/c1-12-17(13(2)22(3)21-12)28(26,27)24-8-4-7-23(9-10-24)18(25)15-6-5-14(19)11-16(15)20/h5-6,11H,4,7-10H2,1-3H3. The van der Waals surface area contributed by atoms with E-state index in [0.717, 1.165) is 12.1 Å². The van der Waals surface area contributed by atoms with E-state index in [1.165, 1.54) is 13.9 Å². The van der Waals surface area contributed by atoms with Crippen molar-refractivity contribution in [2.45, 2.75) is 25.2 Å². The van der Waals surface area contributed by atoms with Crippen LogP contribution in [0.15, 0.2) is 23.1 Å². The van der Waals surface area contributed by atoms with Gasteiger partial charge in [0.1, 0.15) is 16.5 Å². The number of halogens is 2. The molecule has 1 saturated heterocycles. The van der Waals surface area contributed by atoms with Gasteiger partial charge in [0.05, 0.1) is 17.0 Å². The van der Waals surface area contributed by atoms with Gasteiger partial charge in [0.2, 0.25) is 10.0 Å².